The molecule has 0 spiro atoms. The Labute approximate surface area is 138 Å². The van der Waals surface area contributed by atoms with E-state index in [4.69, 9.17) is 11.6 Å². The topological polar surface area (TPSA) is 12.0 Å². The summed E-state index contributed by atoms with van der Waals surface area (Å²) < 4.78 is 15.3. The number of hydrogen-bond donors (Lipinski definition) is 1. The summed E-state index contributed by atoms with van der Waals surface area (Å²) in [5.74, 6) is -0.333. The van der Waals surface area contributed by atoms with Crippen LogP contribution in [0.1, 0.15) is 30.5 Å². The molecule has 112 valence electrons. The Kier molecular flexibility index (Phi) is 6.22. The van der Waals surface area contributed by atoms with Gasteiger partial charge >= 0.3 is 0 Å². The van der Waals surface area contributed by atoms with Crippen LogP contribution in [0, 0.1) is 5.82 Å². The van der Waals surface area contributed by atoms with E-state index in [0.29, 0.717) is 12.0 Å². The fourth-order valence-corrected chi connectivity index (χ4v) is 2.91. The third kappa shape index (κ3) is 4.29. The Hall–Kier alpha value is -0.900. The maximum Gasteiger partial charge on any atom is 0.146 e. The van der Waals surface area contributed by atoms with Crippen LogP contribution >= 0.6 is 27.5 Å². The lowest BCUT2D eigenvalue weighted by molar-refractivity contribution is 0.497. The monoisotopic (exact) mass is 369 g/mol. The Morgan fingerprint density at radius 2 is 1.95 bits per heavy atom. The van der Waals surface area contributed by atoms with E-state index in [1.807, 2.05) is 24.3 Å². The van der Waals surface area contributed by atoms with Gasteiger partial charge in [-0.3, -0.25) is 0 Å². The van der Waals surface area contributed by atoms with Gasteiger partial charge in [-0.2, -0.15) is 0 Å². The second kappa shape index (κ2) is 7.92. The van der Waals surface area contributed by atoms with Gasteiger partial charge in [-0.15, -0.1) is 0 Å². The molecule has 0 aromatic heterocycles. The molecular formula is C17H18BrClFN. The molecule has 2 rings (SSSR count). The zero-order valence-electron chi connectivity index (χ0n) is 11.9. The van der Waals surface area contributed by atoms with Gasteiger partial charge < -0.3 is 5.32 Å². The summed E-state index contributed by atoms with van der Waals surface area (Å²) in [6.45, 7) is 2.93. The third-order valence-electron chi connectivity index (χ3n) is 3.38. The predicted octanol–water partition coefficient (Wildman–Crippen LogP) is 5.53. The first kappa shape index (κ1) is 16.5. The molecule has 0 fully saturated rings. The molecule has 1 atom stereocenters. The highest BCUT2D eigenvalue weighted by atomic mass is 79.9. The van der Waals surface area contributed by atoms with Crippen molar-refractivity contribution < 1.29 is 4.39 Å². The van der Waals surface area contributed by atoms with Crippen LogP contribution in [0.15, 0.2) is 46.9 Å². The molecule has 0 amide bonds. The zero-order chi connectivity index (χ0) is 15.2. The van der Waals surface area contributed by atoms with Crippen LogP contribution in [0.25, 0.3) is 0 Å². The highest BCUT2D eigenvalue weighted by molar-refractivity contribution is 9.10. The van der Waals surface area contributed by atoms with Crippen LogP contribution in [0.4, 0.5) is 4.39 Å². The average molecular weight is 371 g/mol. The van der Waals surface area contributed by atoms with Crippen molar-refractivity contribution in [2.45, 2.75) is 25.8 Å². The lowest BCUT2D eigenvalue weighted by Crippen LogP contribution is -2.25. The number of benzene rings is 2. The first-order valence-electron chi connectivity index (χ1n) is 7.04. The van der Waals surface area contributed by atoms with Crippen molar-refractivity contribution >= 4 is 27.5 Å². The van der Waals surface area contributed by atoms with Crippen molar-refractivity contribution in [3.8, 4) is 0 Å². The molecule has 1 nitrogen and oxygen atoms in total. The molecule has 0 saturated carbocycles. The normalized spacial score (nSPS) is 12.4. The van der Waals surface area contributed by atoms with E-state index in [2.05, 4.69) is 28.2 Å². The van der Waals surface area contributed by atoms with Gasteiger partial charge in [-0.25, -0.2) is 4.39 Å². The minimum absolute atomic E-state index is 0.0950. The number of hydrogen-bond acceptors (Lipinski definition) is 1. The van der Waals surface area contributed by atoms with Crippen molar-refractivity contribution in [2.24, 2.45) is 0 Å². The molecule has 0 aliphatic rings. The van der Waals surface area contributed by atoms with Gasteiger partial charge in [0, 0.05) is 16.1 Å². The summed E-state index contributed by atoms with van der Waals surface area (Å²) in [7, 11) is 0. The molecule has 0 bridgehead atoms. The Morgan fingerprint density at radius 3 is 2.67 bits per heavy atom. The molecule has 0 radical (unpaired) electrons. The molecule has 0 aliphatic heterocycles. The number of nitrogens with one attached hydrogen (secondary N) is 1. The van der Waals surface area contributed by atoms with E-state index in [0.717, 1.165) is 23.0 Å². The second-order valence-electron chi connectivity index (χ2n) is 4.95. The van der Waals surface area contributed by atoms with Crippen molar-refractivity contribution in [2.75, 3.05) is 6.54 Å². The van der Waals surface area contributed by atoms with Crippen molar-refractivity contribution in [1.29, 1.82) is 0 Å². The van der Waals surface area contributed by atoms with E-state index in [9.17, 15) is 4.39 Å². The van der Waals surface area contributed by atoms with E-state index < -0.39 is 0 Å². The lowest BCUT2D eigenvalue weighted by atomic mass is 9.98. The summed E-state index contributed by atoms with van der Waals surface area (Å²) in [6.07, 6.45) is 1.70. The average Bonchev–Trinajstić information content (AvgIpc) is 2.48. The van der Waals surface area contributed by atoms with Crippen LogP contribution in [0.5, 0.6) is 0 Å². The van der Waals surface area contributed by atoms with Gasteiger partial charge in [0.25, 0.3) is 0 Å². The van der Waals surface area contributed by atoms with Crippen LogP contribution in [0.2, 0.25) is 5.02 Å². The van der Waals surface area contributed by atoms with Crippen LogP contribution < -0.4 is 5.32 Å². The number of rotatable bonds is 6. The molecule has 1 N–H and O–H groups in total. The molecule has 21 heavy (non-hydrogen) atoms. The summed E-state index contributed by atoms with van der Waals surface area (Å²) in [6, 6.07) is 13.1. The first-order valence-corrected chi connectivity index (χ1v) is 8.21. The highest BCUT2D eigenvalue weighted by Gasteiger charge is 2.18. The van der Waals surface area contributed by atoms with Gasteiger partial charge in [0.05, 0.1) is 5.02 Å². The van der Waals surface area contributed by atoms with E-state index in [1.54, 1.807) is 18.2 Å². The molecule has 1 unspecified atom stereocenters. The SMILES string of the molecule is CCCNC(Cc1ccccc1Br)c1cccc(Cl)c1F. The van der Waals surface area contributed by atoms with Crippen molar-refractivity contribution in [3.63, 3.8) is 0 Å². The lowest BCUT2D eigenvalue weighted by Gasteiger charge is -2.21. The van der Waals surface area contributed by atoms with E-state index in [1.165, 1.54) is 0 Å². The Balaban J connectivity index is 2.30. The summed E-state index contributed by atoms with van der Waals surface area (Å²) in [4.78, 5) is 0. The quantitative estimate of drug-likeness (QED) is 0.705. The molecule has 4 heteroatoms. The maximum atomic E-state index is 14.3. The van der Waals surface area contributed by atoms with Crippen LogP contribution in [-0.4, -0.2) is 6.54 Å². The predicted molar refractivity (Wildman–Crippen MR) is 90.3 cm³/mol. The second-order valence-corrected chi connectivity index (χ2v) is 6.21. The Bertz CT molecular complexity index is 603. The summed E-state index contributed by atoms with van der Waals surface area (Å²) in [5.41, 5.74) is 1.76. The molecule has 0 aliphatic carbocycles. The standard InChI is InChI=1S/C17H18BrClFN/c1-2-10-21-16(11-12-6-3-4-8-14(12)18)13-7-5-9-15(19)17(13)20/h3-9,16,21H,2,10-11H2,1H3. The molecule has 2 aromatic rings. The van der Waals surface area contributed by atoms with Gasteiger partial charge in [0.1, 0.15) is 5.82 Å². The van der Waals surface area contributed by atoms with Crippen molar-refractivity contribution in [3.05, 3.63) is 68.9 Å². The molecule has 2 aromatic carbocycles. The van der Waals surface area contributed by atoms with Gasteiger partial charge in [0.2, 0.25) is 0 Å². The third-order valence-corrected chi connectivity index (χ3v) is 4.45. The highest BCUT2D eigenvalue weighted by Crippen LogP contribution is 2.28. The van der Waals surface area contributed by atoms with Crippen molar-refractivity contribution in [1.82, 2.24) is 5.32 Å². The van der Waals surface area contributed by atoms with Gasteiger partial charge in [-0.1, -0.05) is 64.8 Å². The van der Waals surface area contributed by atoms with E-state index >= 15 is 0 Å². The maximum absolute atomic E-state index is 14.3. The minimum Gasteiger partial charge on any atom is -0.310 e. The van der Waals surface area contributed by atoms with Gasteiger partial charge in [0.15, 0.2) is 0 Å². The zero-order valence-corrected chi connectivity index (χ0v) is 14.2. The Morgan fingerprint density at radius 1 is 1.19 bits per heavy atom. The largest absolute Gasteiger partial charge is 0.310 e. The summed E-state index contributed by atoms with van der Waals surface area (Å²) in [5, 5.41) is 3.58. The fourth-order valence-electron chi connectivity index (χ4n) is 2.28. The number of halogens is 3. The fraction of sp³-hybridized carbons (Fsp3) is 0.294. The molecule has 0 saturated heterocycles. The smallest absolute Gasteiger partial charge is 0.146 e. The van der Waals surface area contributed by atoms with E-state index in [-0.39, 0.29) is 16.9 Å². The molecule has 0 heterocycles. The minimum atomic E-state index is -0.333. The van der Waals surface area contributed by atoms with Crippen LogP contribution in [0.3, 0.4) is 0 Å². The molecular weight excluding hydrogens is 353 g/mol. The van der Waals surface area contributed by atoms with Crippen LogP contribution in [-0.2, 0) is 6.42 Å². The summed E-state index contributed by atoms with van der Waals surface area (Å²) >= 11 is 9.47. The first-order chi connectivity index (χ1) is 10.1. The van der Waals surface area contributed by atoms with Gasteiger partial charge in [-0.05, 0) is 37.1 Å².